The third-order valence-corrected chi connectivity index (χ3v) is 2.25. The molecule has 0 nitrogen and oxygen atoms in total. The maximum atomic E-state index is 3.73. The van der Waals surface area contributed by atoms with Crippen LogP contribution in [0.3, 0.4) is 0 Å². The molecule has 0 heteroatoms. The molecule has 2 rings (SSSR count). The molecule has 0 N–H and O–H groups in total. The Labute approximate surface area is 97.6 Å². The second-order valence-corrected chi connectivity index (χ2v) is 3.19. The van der Waals surface area contributed by atoms with Crippen LogP contribution in [-0.4, -0.2) is 0 Å². The van der Waals surface area contributed by atoms with Crippen LogP contribution < -0.4 is 0 Å². The van der Waals surface area contributed by atoms with Gasteiger partial charge in [0.15, 0.2) is 0 Å². The minimum absolute atomic E-state index is 1.16. The highest BCUT2D eigenvalue weighted by atomic mass is 14.0. The maximum absolute atomic E-state index is 3.73. The first-order chi connectivity index (χ1) is 7.90. The van der Waals surface area contributed by atoms with Gasteiger partial charge in [0.25, 0.3) is 0 Å². The summed E-state index contributed by atoms with van der Waals surface area (Å²) in [7, 11) is 0. The molecule has 0 amide bonds. The number of rotatable bonds is 2. The third-order valence-electron chi connectivity index (χ3n) is 2.25. The lowest BCUT2D eigenvalue weighted by Crippen LogP contribution is -1.76. The standard InChI is InChI=1S/C14H12.C2H4/c1-2-12-8-10-14(11-9-12)13-6-4-3-5-7-13;1-2/h2-11H,1H2;1-2H2. The van der Waals surface area contributed by atoms with Gasteiger partial charge in [-0.05, 0) is 16.7 Å². The lowest BCUT2D eigenvalue weighted by Gasteiger charge is -2.01. The van der Waals surface area contributed by atoms with E-state index in [0.717, 1.165) is 5.56 Å². The van der Waals surface area contributed by atoms with Crippen molar-refractivity contribution in [1.82, 2.24) is 0 Å². The van der Waals surface area contributed by atoms with E-state index in [-0.39, 0.29) is 0 Å². The van der Waals surface area contributed by atoms with Crippen LogP contribution in [0.4, 0.5) is 0 Å². The molecule has 0 aliphatic heterocycles. The second-order valence-electron chi connectivity index (χ2n) is 3.19. The van der Waals surface area contributed by atoms with E-state index in [0.29, 0.717) is 0 Å². The minimum Gasteiger partial charge on any atom is -0.106 e. The van der Waals surface area contributed by atoms with Gasteiger partial charge >= 0.3 is 0 Å². The molecule has 2 aromatic carbocycles. The number of hydrogen-bond acceptors (Lipinski definition) is 0. The molecule has 0 saturated carbocycles. The summed E-state index contributed by atoms with van der Waals surface area (Å²) in [6.07, 6.45) is 1.86. The third kappa shape index (κ3) is 2.96. The van der Waals surface area contributed by atoms with Gasteiger partial charge in [0.05, 0.1) is 0 Å². The average Bonchev–Trinajstić information content (AvgIpc) is 2.42. The van der Waals surface area contributed by atoms with Crippen molar-refractivity contribution in [2.75, 3.05) is 0 Å². The first kappa shape index (κ1) is 12.0. The van der Waals surface area contributed by atoms with Crippen LogP contribution in [0.1, 0.15) is 5.56 Å². The zero-order chi connectivity index (χ0) is 11.8. The van der Waals surface area contributed by atoms with Gasteiger partial charge in [-0.15, -0.1) is 13.2 Å². The smallest absolute Gasteiger partial charge is 0.0184 e. The molecule has 16 heavy (non-hydrogen) atoms. The molecule has 2 aromatic rings. The van der Waals surface area contributed by atoms with Crippen molar-refractivity contribution in [3.8, 4) is 11.1 Å². The molecule has 0 aliphatic rings. The van der Waals surface area contributed by atoms with E-state index in [1.165, 1.54) is 11.1 Å². The molecule has 0 atom stereocenters. The molecule has 0 aromatic heterocycles. The van der Waals surface area contributed by atoms with Crippen molar-refractivity contribution in [1.29, 1.82) is 0 Å². The van der Waals surface area contributed by atoms with Gasteiger partial charge in [-0.25, -0.2) is 0 Å². The molecule has 0 aliphatic carbocycles. The molecular weight excluding hydrogens is 192 g/mol. The van der Waals surface area contributed by atoms with E-state index in [4.69, 9.17) is 0 Å². The van der Waals surface area contributed by atoms with Gasteiger partial charge in [-0.1, -0.05) is 67.3 Å². The van der Waals surface area contributed by atoms with Gasteiger partial charge in [0.1, 0.15) is 0 Å². The summed E-state index contributed by atoms with van der Waals surface area (Å²) in [6.45, 7) is 9.73. The van der Waals surface area contributed by atoms with Crippen molar-refractivity contribution in [2.45, 2.75) is 0 Å². The molecule has 0 bridgehead atoms. The summed E-state index contributed by atoms with van der Waals surface area (Å²) in [6, 6.07) is 18.8. The van der Waals surface area contributed by atoms with Crippen LogP contribution in [0, 0.1) is 0 Å². The van der Waals surface area contributed by atoms with Crippen molar-refractivity contribution in [2.24, 2.45) is 0 Å². The highest BCUT2D eigenvalue weighted by molar-refractivity contribution is 5.65. The largest absolute Gasteiger partial charge is 0.106 e. The van der Waals surface area contributed by atoms with Crippen LogP contribution in [0.25, 0.3) is 17.2 Å². The Morgan fingerprint density at radius 2 is 1.19 bits per heavy atom. The van der Waals surface area contributed by atoms with Crippen molar-refractivity contribution in [3.05, 3.63) is 79.9 Å². The molecule has 80 valence electrons. The van der Waals surface area contributed by atoms with E-state index in [1.54, 1.807) is 0 Å². The van der Waals surface area contributed by atoms with E-state index in [9.17, 15) is 0 Å². The van der Waals surface area contributed by atoms with Gasteiger partial charge < -0.3 is 0 Å². The first-order valence-electron chi connectivity index (χ1n) is 5.18. The fourth-order valence-corrected chi connectivity index (χ4v) is 1.44. The Kier molecular flexibility index (Phi) is 4.81. The second kappa shape index (κ2) is 6.41. The quantitative estimate of drug-likeness (QED) is 0.622. The van der Waals surface area contributed by atoms with Crippen molar-refractivity contribution in [3.63, 3.8) is 0 Å². The van der Waals surface area contributed by atoms with Crippen LogP contribution in [-0.2, 0) is 0 Å². The number of benzene rings is 2. The van der Waals surface area contributed by atoms with Gasteiger partial charge in [0.2, 0.25) is 0 Å². The fourth-order valence-electron chi connectivity index (χ4n) is 1.44. The monoisotopic (exact) mass is 208 g/mol. The summed E-state index contributed by atoms with van der Waals surface area (Å²) in [5.74, 6) is 0. The normalized spacial score (nSPS) is 8.75. The SMILES string of the molecule is C=C.C=Cc1ccc(-c2ccccc2)cc1. The topological polar surface area (TPSA) is 0 Å². The highest BCUT2D eigenvalue weighted by Gasteiger charge is 1.94. The lowest BCUT2D eigenvalue weighted by molar-refractivity contribution is 1.60. The van der Waals surface area contributed by atoms with Crippen molar-refractivity contribution < 1.29 is 0 Å². The molecule has 0 saturated heterocycles. The average molecular weight is 208 g/mol. The molecule has 0 fully saturated rings. The first-order valence-corrected chi connectivity index (χ1v) is 5.18. The van der Waals surface area contributed by atoms with Crippen LogP contribution in [0.15, 0.2) is 74.3 Å². The fraction of sp³-hybridized carbons (Fsp3) is 0. The van der Waals surface area contributed by atoms with E-state index >= 15 is 0 Å². The summed E-state index contributed by atoms with van der Waals surface area (Å²) in [4.78, 5) is 0. The van der Waals surface area contributed by atoms with E-state index < -0.39 is 0 Å². The molecule has 0 heterocycles. The van der Waals surface area contributed by atoms with E-state index in [1.807, 2.05) is 12.1 Å². The highest BCUT2D eigenvalue weighted by Crippen LogP contribution is 2.19. The van der Waals surface area contributed by atoms with Gasteiger partial charge in [-0.2, -0.15) is 0 Å². The summed E-state index contributed by atoms with van der Waals surface area (Å²) in [5, 5.41) is 0. The predicted octanol–water partition coefficient (Wildman–Crippen LogP) is 4.80. The van der Waals surface area contributed by atoms with Crippen molar-refractivity contribution >= 4 is 6.08 Å². The molecule has 0 spiro atoms. The van der Waals surface area contributed by atoms with Crippen LogP contribution >= 0.6 is 0 Å². The Bertz CT molecular complexity index is 423. The Hall–Kier alpha value is -2.08. The summed E-state index contributed by atoms with van der Waals surface area (Å²) >= 11 is 0. The predicted molar refractivity (Wildman–Crippen MR) is 73.2 cm³/mol. The Morgan fingerprint density at radius 1 is 0.688 bits per heavy atom. The Morgan fingerprint density at radius 3 is 1.69 bits per heavy atom. The lowest BCUT2D eigenvalue weighted by atomic mass is 10.0. The minimum atomic E-state index is 1.16. The van der Waals surface area contributed by atoms with Gasteiger partial charge in [0, 0.05) is 0 Å². The Balaban J connectivity index is 0.000000606. The van der Waals surface area contributed by atoms with Gasteiger partial charge in [-0.3, -0.25) is 0 Å². The van der Waals surface area contributed by atoms with Crippen LogP contribution in [0.5, 0.6) is 0 Å². The van der Waals surface area contributed by atoms with E-state index in [2.05, 4.69) is 68.3 Å². The number of hydrogen-bond donors (Lipinski definition) is 0. The summed E-state index contributed by atoms with van der Waals surface area (Å²) in [5.41, 5.74) is 3.66. The van der Waals surface area contributed by atoms with Crippen LogP contribution in [0.2, 0.25) is 0 Å². The zero-order valence-corrected chi connectivity index (χ0v) is 9.39. The zero-order valence-electron chi connectivity index (χ0n) is 9.39. The maximum Gasteiger partial charge on any atom is -0.0184 e. The summed E-state index contributed by atoms with van der Waals surface area (Å²) < 4.78 is 0. The molecule has 0 radical (unpaired) electrons. The molecular formula is C16H16. The molecule has 0 unspecified atom stereocenters.